The van der Waals surface area contributed by atoms with Crippen molar-refractivity contribution in [2.45, 2.75) is 4.90 Å². The zero-order valence-electron chi connectivity index (χ0n) is 16.1. The minimum absolute atomic E-state index is 0.186. The van der Waals surface area contributed by atoms with Crippen LogP contribution in [0, 0.1) is 0 Å². The molecule has 0 aliphatic carbocycles. The molecule has 0 radical (unpaired) electrons. The first kappa shape index (κ1) is 22.0. The van der Waals surface area contributed by atoms with Gasteiger partial charge in [0.25, 0.3) is 5.91 Å². The molecular weight excluding hydrogens is 428 g/mol. The summed E-state index contributed by atoms with van der Waals surface area (Å²) < 4.78 is 31.6. The maximum absolute atomic E-state index is 12.6. The predicted molar refractivity (Wildman–Crippen MR) is 113 cm³/mol. The Labute approximate surface area is 180 Å². The van der Waals surface area contributed by atoms with Crippen LogP contribution in [-0.2, 0) is 24.3 Å². The number of hydrogen-bond acceptors (Lipinski definition) is 5. The molecule has 0 bridgehead atoms. The third-order valence-electron chi connectivity index (χ3n) is 4.57. The van der Waals surface area contributed by atoms with E-state index in [0.29, 0.717) is 5.02 Å². The fourth-order valence-corrected chi connectivity index (χ4v) is 4.61. The lowest BCUT2D eigenvalue weighted by molar-refractivity contribution is -0.148. The molecule has 1 heterocycles. The largest absolute Gasteiger partial charge is 0.452 e. The van der Waals surface area contributed by atoms with E-state index in [1.54, 1.807) is 60.7 Å². The van der Waals surface area contributed by atoms with Crippen LogP contribution in [0.25, 0.3) is 6.08 Å². The van der Waals surface area contributed by atoms with E-state index in [1.807, 2.05) is 0 Å². The maximum atomic E-state index is 12.6. The number of sulfonamides is 1. The van der Waals surface area contributed by atoms with Crippen molar-refractivity contribution < 1.29 is 22.7 Å². The molecule has 7 nitrogen and oxygen atoms in total. The van der Waals surface area contributed by atoms with Crippen LogP contribution in [0.5, 0.6) is 0 Å². The van der Waals surface area contributed by atoms with Crippen LogP contribution in [0.2, 0.25) is 5.02 Å². The molecule has 0 atom stereocenters. The Kier molecular flexibility index (Phi) is 7.25. The number of hydrogen-bond donors (Lipinski definition) is 0. The van der Waals surface area contributed by atoms with Gasteiger partial charge in [-0.2, -0.15) is 4.31 Å². The number of carbonyl (C=O) groups excluding carboxylic acids is 2. The summed E-state index contributed by atoms with van der Waals surface area (Å²) in [5.41, 5.74) is 0.738. The van der Waals surface area contributed by atoms with E-state index in [4.69, 9.17) is 16.3 Å². The van der Waals surface area contributed by atoms with Crippen LogP contribution < -0.4 is 0 Å². The van der Waals surface area contributed by atoms with E-state index in [0.717, 1.165) is 5.56 Å². The van der Waals surface area contributed by atoms with Crippen molar-refractivity contribution in [1.82, 2.24) is 9.21 Å². The Morgan fingerprint density at radius 1 is 1.00 bits per heavy atom. The summed E-state index contributed by atoms with van der Waals surface area (Å²) in [5, 5.41) is 0.550. The van der Waals surface area contributed by atoms with Gasteiger partial charge in [0.2, 0.25) is 10.0 Å². The van der Waals surface area contributed by atoms with E-state index in [-0.39, 0.29) is 37.0 Å². The number of carbonyl (C=O) groups is 2. The van der Waals surface area contributed by atoms with Gasteiger partial charge in [0.05, 0.1) is 4.90 Å². The average Bonchev–Trinajstić information content (AvgIpc) is 2.77. The average molecular weight is 449 g/mol. The first-order valence-electron chi connectivity index (χ1n) is 9.29. The molecule has 0 N–H and O–H groups in total. The molecular formula is C21H21ClN2O5S. The van der Waals surface area contributed by atoms with Crippen LogP contribution in [0.1, 0.15) is 5.56 Å². The molecule has 0 saturated carbocycles. The number of amides is 1. The van der Waals surface area contributed by atoms with Crippen molar-refractivity contribution in [1.29, 1.82) is 0 Å². The highest BCUT2D eigenvalue weighted by Gasteiger charge is 2.30. The fraction of sp³-hybridized carbons (Fsp3) is 0.238. The van der Waals surface area contributed by atoms with Crippen molar-refractivity contribution in [3.8, 4) is 0 Å². The number of rotatable bonds is 6. The van der Waals surface area contributed by atoms with Crippen molar-refractivity contribution >= 4 is 39.6 Å². The molecule has 30 heavy (non-hydrogen) atoms. The Morgan fingerprint density at radius 2 is 1.70 bits per heavy atom. The van der Waals surface area contributed by atoms with Gasteiger partial charge < -0.3 is 9.64 Å². The second kappa shape index (κ2) is 9.88. The van der Waals surface area contributed by atoms with Crippen LogP contribution in [-0.4, -0.2) is 62.3 Å². The zero-order valence-corrected chi connectivity index (χ0v) is 17.7. The lowest BCUT2D eigenvalue weighted by atomic mass is 10.2. The Bertz CT molecular complexity index is 1030. The summed E-state index contributed by atoms with van der Waals surface area (Å²) in [6, 6.07) is 15.1. The fourth-order valence-electron chi connectivity index (χ4n) is 2.97. The van der Waals surface area contributed by atoms with Crippen molar-refractivity contribution in [2.75, 3.05) is 32.8 Å². The SMILES string of the molecule is O=C(/C=C/c1cccc(Cl)c1)OCC(=O)N1CCN(S(=O)(=O)c2ccccc2)CC1. The molecule has 0 spiro atoms. The van der Waals surface area contributed by atoms with Gasteiger partial charge in [-0.15, -0.1) is 0 Å². The topological polar surface area (TPSA) is 84.0 Å². The van der Waals surface area contributed by atoms with Crippen LogP contribution >= 0.6 is 11.6 Å². The summed E-state index contributed by atoms with van der Waals surface area (Å²) in [4.78, 5) is 25.8. The Balaban J connectivity index is 1.47. The minimum atomic E-state index is -3.58. The molecule has 0 unspecified atom stereocenters. The van der Waals surface area contributed by atoms with Crippen molar-refractivity contribution in [3.05, 3.63) is 71.3 Å². The van der Waals surface area contributed by atoms with Crippen molar-refractivity contribution in [2.24, 2.45) is 0 Å². The summed E-state index contributed by atoms with van der Waals surface area (Å²) in [7, 11) is -3.58. The molecule has 1 aliphatic rings. The molecule has 2 aromatic carbocycles. The first-order valence-corrected chi connectivity index (χ1v) is 11.1. The van der Waals surface area contributed by atoms with Gasteiger partial charge in [-0.3, -0.25) is 4.79 Å². The van der Waals surface area contributed by atoms with Gasteiger partial charge in [-0.25, -0.2) is 13.2 Å². The van der Waals surface area contributed by atoms with Gasteiger partial charge in [0.15, 0.2) is 6.61 Å². The summed E-state index contributed by atoms with van der Waals surface area (Å²) in [6.07, 6.45) is 2.77. The second-order valence-electron chi connectivity index (χ2n) is 6.59. The van der Waals surface area contributed by atoms with E-state index >= 15 is 0 Å². The minimum Gasteiger partial charge on any atom is -0.452 e. The third kappa shape index (κ3) is 5.69. The highest BCUT2D eigenvalue weighted by molar-refractivity contribution is 7.89. The molecule has 2 aromatic rings. The van der Waals surface area contributed by atoms with E-state index in [9.17, 15) is 18.0 Å². The Hall–Kier alpha value is -2.68. The van der Waals surface area contributed by atoms with E-state index in [2.05, 4.69) is 0 Å². The number of esters is 1. The quantitative estimate of drug-likeness (QED) is 0.500. The summed E-state index contributed by atoms with van der Waals surface area (Å²) in [6.45, 7) is 0.447. The molecule has 158 valence electrons. The third-order valence-corrected chi connectivity index (χ3v) is 6.72. The van der Waals surface area contributed by atoms with Gasteiger partial charge >= 0.3 is 5.97 Å². The number of piperazine rings is 1. The predicted octanol–water partition coefficient (Wildman–Crippen LogP) is 2.43. The number of benzene rings is 2. The highest BCUT2D eigenvalue weighted by atomic mass is 35.5. The first-order chi connectivity index (χ1) is 14.4. The van der Waals surface area contributed by atoms with Crippen LogP contribution in [0.3, 0.4) is 0 Å². The van der Waals surface area contributed by atoms with E-state index in [1.165, 1.54) is 15.3 Å². The number of nitrogens with zero attached hydrogens (tertiary/aromatic N) is 2. The molecule has 0 aromatic heterocycles. The maximum Gasteiger partial charge on any atom is 0.331 e. The summed E-state index contributed by atoms with van der Waals surface area (Å²) in [5.74, 6) is -1.01. The van der Waals surface area contributed by atoms with E-state index < -0.39 is 22.6 Å². The molecule has 3 rings (SSSR count). The van der Waals surface area contributed by atoms with Gasteiger partial charge in [-0.1, -0.05) is 41.9 Å². The van der Waals surface area contributed by atoms with Crippen LogP contribution in [0.15, 0.2) is 65.6 Å². The normalized spacial score (nSPS) is 15.3. The lowest BCUT2D eigenvalue weighted by Crippen LogP contribution is -2.51. The number of halogens is 1. The molecule has 1 saturated heterocycles. The van der Waals surface area contributed by atoms with Gasteiger partial charge in [0, 0.05) is 37.3 Å². The molecule has 1 fully saturated rings. The summed E-state index contributed by atoms with van der Waals surface area (Å²) >= 11 is 5.88. The van der Waals surface area contributed by atoms with Crippen molar-refractivity contribution in [3.63, 3.8) is 0 Å². The smallest absolute Gasteiger partial charge is 0.331 e. The van der Waals surface area contributed by atoms with Gasteiger partial charge in [0.1, 0.15) is 0 Å². The lowest BCUT2D eigenvalue weighted by Gasteiger charge is -2.33. The monoisotopic (exact) mass is 448 g/mol. The Morgan fingerprint density at radius 3 is 2.37 bits per heavy atom. The second-order valence-corrected chi connectivity index (χ2v) is 8.97. The molecule has 1 amide bonds. The zero-order chi connectivity index (χ0) is 21.6. The van der Waals surface area contributed by atoms with Crippen LogP contribution in [0.4, 0.5) is 0 Å². The van der Waals surface area contributed by atoms with Gasteiger partial charge in [-0.05, 0) is 35.9 Å². The molecule has 9 heteroatoms. The standard InChI is InChI=1S/C21H21ClN2O5S/c22-18-6-4-5-17(15-18)9-10-21(26)29-16-20(25)23-11-13-24(14-12-23)30(27,28)19-7-2-1-3-8-19/h1-10,15H,11-14,16H2/b10-9+. The number of ether oxygens (including phenoxy) is 1. The molecule has 1 aliphatic heterocycles. The highest BCUT2D eigenvalue weighted by Crippen LogP contribution is 2.17.